The van der Waals surface area contributed by atoms with Gasteiger partial charge in [-0.05, 0) is 150 Å². The van der Waals surface area contributed by atoms with Gasteiger partial charge in [0.1, 0.15) is 34.0 Å². The van der Waals surface area contributed by atoms with Crippen LogP contribution in [-0.4, -0.2) is 273 Å². The van der Waals surface area contributed by atoms with E-state index in [2.05, 4.69) is 101 Å². The number of hydrogen-bond acceptors (Lipinski definition) is 24. The highest BCUT2D eigenvalue weighted by molar-refractivity contribution is 5.94. The number of urea groups is 1. The number of nitrogen functional groups attached to an aromatic ring is 1. The van der Waals surface area contributed by atoms with Crippen molar-refractivity contribution in [3.05, 3.63) is 143 Å². The van der Waals surface area contributed by atoms with Crippen LogP contribution in [0.15, 0.2) is 110 Å². The average molecular weight is 1870 g/mol. The number of carbonyl (C=O) groups is 8. The predicted molar refractivity (Wildman–Crippen MR) is 484 cm³/mol. The van der Waals surface area contributed by atoms with Crippen molar-refractivity contribution in [2.75, 3.05) is 169 Å². The molecular weight excluding hydrogens is 1760 g/mol. The molecule has 134 heavy (non-hydrogen) atoms. The molecule has 0 spiro atoms. The molecule has 0 aromatic carbocycles. The van der Waals surface area contributed by atoms with Crippen LogP contribution in [0.2, 0.25) is 0 Å². The zero-order valence-electron chi connectivity index (χ0n) is 75.3. The first-order chi connectivity index (χ1) is 64.2. The van der Waals surface area contributed by atoms with E-state index in [1.54, 1.807) is 80.4 Å². The highest BCUT2D eigenvalue weighted by Crippen LogP contribution is 2.42. The molecule has 6 saturated heterocycles. The number of halogens is 9. The van der Waals surface area contributed by atoms with Gasteiger partial charge in [-0.15, -0.1) is 15.3 Å². The molecule has 8 amide bonds. The number of nitrogens with one attached hydrogen (secondary N) is 5. The van der Waals surface area contributed by atoms with E-state index < -0.39 is 47.2 Å². The van der Waals surface area contributed by atoms with E-state index in [1.165, 1.54) is 25.3 Å². The van der Waals surface area contributed by atoms with Crippen molar-refractivity contribution in [1.29, 1.82) is 0 Å². The number of carbonyl (C=O) groups excluding carboxylic acids is 8. The van der Waals surface area contributed by atoms with E-state index in [0.29, 0.717) is 127 Å². The van der Waals surface area contributed by atoms with Crippen LogP contribution in [-0.2, 0) is 71.7 Å². The summed E-state index contributed by atoms with van der Waals surface area (Å²) in [7, 11) is 1.35. The molecule has 0 unspecified atom stereocenters. The van der Waals surface area contributed by atoms with Crippen molar-refractivity contribution < 1.29 is 77.9 Å². The minimum Gasteiger partial charge on any atom is -0.384 e. The zero-order valence-corrected chi connectivity index (χ0v) is 75.3. The van der Waals surface area contributed by atoms with Gasteiger partial charge in [-0.2, -0.15) is 39.5 Å². The third kappa shape index (κ3) is 25.6. The summed E-state index contributed by atoms with van der Waals surface area (Å²) in [6.07, 6.45) is 13.0. The Morgan fingerprint density at radius 3 is 1.08 bits per heavy atom. The first-order valence-corrected chi connectivity index (χ1v) is 44.9. The van der Waals surface area contributed by atoms with E-state index in [-0.39, 0.29) is 119 Å². The maximum Gasteiger partial charge on any atom is 0.417 e. The van der Waals surface area contributed by atoms with Crippen LogP contribution in [0, 0.1) is 0 Å². The first kappa shape index (κ1) is 98.2. The Balaban J connectivity index is 0.000000171. The van der Waals surface area contributed by atoms with Gasteiger partial charge in [0.2, 0.25) is 35.4 Å². The Morgan fingerprint density at radius 2 is 0.746 bits per heavy atom. The number of pyridine rings is 3. The summed E-state index contributed by atoms with van der Waals surface area (Å²) in [4.78, 5) is 140. The maximum atomic E-state index is 14.3. The zero-order chi connectivity index (χ0) is 95.5. The van der Waals surface area contributed by atoms with E-state index in [1.807, 2.05) is 30.6 Å². The third-order valence-electron chi connectivity index (χ3n) is 23.7. The molecule has 0 aliphatic carbocycles. The second kappa shape index (κ2) is 44.5. The maximum absolute atomic E-state index is 14.3. The summed E-state index contributed by atoms with van der Waals surface area (Å²) in [5.74, 6) is -0.709. The third-order valence-corrected chi connectivity index (χ3v) is 23.7. The number of amides is 8. The Kier molecular flexibility index (Phi) is 32.6. The fourth-order valence-electron chi connectivity index (χ4n) is 16.8. The summed E-state index contributed by atoms with van der Waals surface area (Å²) in [5.41, 5.74) is 6.73. The Labute approximate surface area is 766 Å². The van der Waals surface area contributed by atoms with Crippen LogP contribution in [0.5, 0.6) is 0 Å². The number of rotatable bonds is 25. The molecule has 9 aromatic heterocycles. The largest absolute Gasteiger partial charge is 0.417 e. The Hall–Kier alpha value is -13.3. The van der Waals surface area contributed by atoms with Gasteiger partial charge in [-0.3, -0.25) is 53.6 Å². The van der Waals surface area contributed by atoms with Gasteiger partial charge in [0, 0.05) is 201 Å². The highest BCUT2D eigenvalue weighted by Gasteiger charge is 2.40. The second-order valence-electron chi connectivity index (χ2n) is 33.3. The van der Waals surface area contributed by atoms with Gasteiger partial charge in [0.15, 0.2) is 40.7 Å². The van der Waals surface area contributed by atoms with Gasteiger partial charge in [0.05, 0.1) is 46.5 Å². The number of alkyl halides is 9. The minimum atomic E-state index is -4.76. The van der Waals surface area contributed by atoms with E-state index >= 15 is 0 Å². The first-order valence-electron chi connectivity index (χ1n) is 44.9. The highest BCUT2D eigenvalue weighted by atomic mass is 19.4. The number of hydrogen-bond donors (Lipinski definition) is 6. The SMILES string of the molecule is C/C=C\C(=O)CCC(=O)N1CCN(Cc2cc3c(N4CCCCC4)nc(-c4cnc(NC(=O)CC)cc4C(F)(F)F)nn3c2)CC1.C/C=C\C(=O)NCC(=O)N1CCN(Cc2cc3c(N4CCCCC4)nc(-c4cnc(N)cc4C(F)(F)F)nn3c2)CC1.C/C=C\C(=O)NCC(=O)N1CCN(Cc2cc3c(N4CCCCC4)nc(-c4cnc(NC(=O)NC)cc4C(F)(F)F)nn3c2)CC1. The lowest BCUT2D eigenvalue weighted by Gasteiger charge is -2.34. The second-order valence-corrected chi connectivity index (χ2v) is 33.3. The van der Waals surface area contributed by atoms with Gasteiger partial charge in [-0.25, -0.2) is 48.2 Å². The summed E-state index contributed by atoms with van der Waals surface area (Å²) in [6, 6.07) is 7.63. The fraction of sp³-hybridized carbons (Fsp3) is 0.478. The lowest BCUT2D eigenvalue weighted by molar-refractivity contribution is -0.138. The van der Waals surface area contributed by atoms with Crippen LogP contribution in [0.4, 0.5) is 79.2 Å². The quantitative estimate of drug-likeness (QED) is 0.0229. The van der Waals surface area contributed by atoms with Gasteiger partial charge < -0.3 is 56.4 Å². The number of piperidine rings is 3. The molecule has 716 valence electrons. The van der Waals surface area contributed by atoms with Gasteiger partial charge >= 0.3 is 24.6 Å². The van der Waals surface area contributed by atoms with E-state index in [9.17, 15) is 77.9 Å². The number of ketones is 1. The molecule has 15 heterocycles. The van der Waals surface area contributed by atoms with Gasteiger partial charge in [-0.1, -0.05) is 25.2 Å². The molecule has 0 bridgehead atoms. The van der Waals surface area contributed by atoms with Gasteiger partial charge in [0.25, 0.3) is 0 Å². The van der Waals surface area contributed by atoms with Crippen LogP contribution in [0.3, 0.4) is 0 Å². The Morgan fingerprint density at radius 1 is 0.410 bits per heavy atom. The molecule has 15 rings (SSSR count). The van der Waals surface area contributed by atoms with Crippen LogP contribution in [0.25, 0.3) is 50.7 Å². The number of nitrogens with zero attached hydrogens (tertiary/aromatic N) is 21. The van der Waals surface area contributed by atoms with Crippen molar-refractivity contribution >= 4 is 98.7 Å². The predicted octanol–water partition coefficient (Wildman–Crippen LogP) is 10.3. The average Bonchev–Trinajstić information content (AvgIpc) is 1.54. The molecule has 9 aromatic rings. The molecule has 0 atom stereocenters. The minimum absolute atomic E-state index is 0.0328. The number of piperazine rings is 3. The molecule has 6 fully saturated rings. The summed E-state index contributed by atoms with van der Waals surface area (Å²) >= 11 is 0. The van der Waals surface area contributed by atoms with Crippen molar-refractivity contribution in [1.82, 2.24) is 104 Å². The molecule has 35 nitrogen and oxygen atoms in total. The lowest BCUT2D eigenvalue weighted by atomic mass is 10.1. The molecule has 6 aliphatic rings. The van der Waals surface area contributed by atoms with E-state index in [0.717, 1.165) is 156 Å². The molecule has 6 aliphatic heterocycles. The van der Waals surface area contributed by atoms with Crippen molar-refractivity contribution in [2.45, 2.75) is 143 Å². The topological polar surface area (TPSA) is 381 Å². The van der Waals surface area contributed by atoms with E-state index in [4.69, 9.17) is 5.73 Å². The molecule has 44 heteroatoms. The standard InChI is InChI=1S/C32H39F3N8O3.C30H37F3N10O3.C28H34F3N9O2/c1-3-8-23(44)9-10-29(46)41-15-13-40(14-16-41)20-22-17-26-31(42-11-6-5-7-12-42)38-30(39-43(26)21-22)24-19-36-27(37-28(45)4-2)18-25(24)32(33,34)35;1-3-7-25(44)36-17-26(45)41-12-10-40(11-13-41)18-20-14-23-28(42-8-5-4-6-9-42)38-27(39-43(23)19-20)21-16-35-24(37-29(46)34-2)15-22(21)30(31,32)33;1-2-6-24(41)34-16-25(42)38-11-9-37(10-12-38)17-19-13-22-27(39-7-4-3-5-8-39)35-26(36-40(22)18-19)20-15-33-23(32)14-21(20)28(29,30)31/h3,8,17-19,21H,4-7,9-16,20H2,1-2H3,(H,36,37,45);3,7,14-16,19H,4-6,8-13,17-18H2,1-2H3,(H,36,44)(H2,34,35,37,46);2,6,13-15,18H,3-5,7-12,16-17H2,1H3,(H2,32,33)(H,34,41)/b8-3-;7-3-;6-2-. The molecular formula is C90H110F9N27O8. The van der Waals surface area contributed by atoms with Crippen molar-refractivity contribution in [3.8, 4) is 34.2 Å². The molecule has 7 N–H and O–H groups in total. The molecule has 0 saturated carbocycles. The number of nitrogens with two attached hydrogens (primary N) is 1. The smallest absolute Gasteiger partial charge is 0.384 e. The summed E-state index contributed by atoms with van der Waals surface area (Å²) in [5, 5.41) is 25.7. The monoisotopic (exact) mass is 1870 g/mol. The van der Waals surface area contributed by atoms with Crippen LogP contribution >= 0.6 is 0 Å². The Bertz CT molecular complexity index is 5550. The number of aromatic nitrogens is 12. The van der Waals surface area contributed by atoms with Crippen molar-refractivity contribution in [2.24, 2.45) is 0 Å². The number of allylic oxidation sites excluding steroid dienone is 4. The number of fused-ring (bicyclic) bond motifs is 3. The summed E-state index contributed by atoms with van der Waals surface area (Å²) in [6.45, 7) is 19.8. The number of anilines is 6. The van der Waals surface area contributed by atoms with Crippen molar-refractivity contribution in [3.63, 3.8) is 0 Å². The normalized spacial score (nSPS) is 16.5. The molecule has 0 radical (unpaired) electrons. The fourth-order valence-corrected chi connectivity index (χ4v) is 16.8. The summed E-state index contributed by atoms with van der Waals surface area (Å²) < 4.78 is 132. The van der Waals surface area contributed by atoms with Crippen LogP contribution in [0.1, 0.15) is 138 Å². The van der Waals surface area contributed by atoms with Crippen LogP contribution < -0.4 is 47.0 Å². The lowest BCUT2D eigenvalue weighted by Crippen LogP contribution is -2.50.